The fourth-order valence-electron chi connectivity index (χ4n) is 3.55. The summed E-state index contributed by atoms with van der Waals surface area (Å²) in [5, 5.41) is 18.7. The number of carbonyl (C=O) groups is 1. The Hall–Kier alpha value is -1.89. The molecular formula is C21H29FIN5O. The number of halogens is 2. The van der Waals surface area contributed by atoms with E-state index in [1.54, 1.807) is 0 Å². The van der Waals surface area contributed by atoms with E-state index in [0.717, 1.165) is 38.5 Å². The molecule has 6 nitrogen and oxygen atoms in total. The van der Waals surface area contributed by atoms with E-state index in [9.17, 15) is 9.18 Å². The van der Waals surface area contributed by atoms with Crippen molar-refractivity contribution in [2.45, 2.75) is 64.1 Å². The second-order valence-corrected chi connectivity index (χ2v) is 7.60. The molecule has 1 aromatic rings. The van der Waals surface area contributed by atoms with E-state index >= 15 is 0 Å². The lowest BCUT2D eigenvalue weighted by molar-refractivity contribution is -0.126. The molecule has 29 heavy (non-hydrogen) atoms. The first kappa shape index (κ1) is 23.4. The Balaban J connectivity index is 0.00000300. The molecule has 8 heteroatoms. The summed E-state index contributed by atoms with van der Waals surface area (Å²) in [4.78, 5) is 16.8. The van der Waals surface area contributed by atoms with E-state index in [0.29, 0.717) is 29.7 Å². The molecule has 2 aliphatic carbocycles. The Morgan fingerprint density at radius 1 is 1.24 bits per heavy atom. The predicted molar refractivity (Wildman–Crippen MR) is 121 cm³/mol. The number of benzene rings is 1. The van der Waals surface area contributed by atoms with Crippen LogP contribution in [0.1, 0.15) is 56.6 Å². The van der Waals surface area contributed by atoms with Crippen LogP contribution in [-0.4, -0.2) is 30.5 Å². The van der Waals surface area contributed by atoms with Gasteiger partial charge in [-0.15, -0.1) is 24.0 Å². The summed E-state index contributed by atoms with van der Waals surface area (Å²) in [6, 6.07) is 6.86. The number of nitrogens with one attached hydrogen (secondary N) is 3. The third-order valence-corrected chi connectivity index (χ3v) is 5.24. The van der Waals surface area contributed by atoms with Crippen LogP contribution in [0.3, 0.4) is 0 Å². The van der Waals surface area contributed by atoms with E-state index in [1.165, 1.54) is 18.2 Å². The maximum atomic E-state index is 14.0. The summed E-state index contributed by atoms with van der Waals surface area (Å²) < 4.78 is 14.0. The topological polar surface area (TPSA) is 89.3 Å². The van der Waals surface area contributed by atoms with Crippen LogP contribution in [0.25, 0.3) is 0 Å². The minimum Gasteiger partial charge on any atom is -0.357 e. The lowest BCUT2D eigenvalue weighted by atomic mass is 9.85. The zero-order chi connectivity index (χ0) is 19.9. The fraction of sp³-hybridized carbons (Fsp3) is 0.571. The van der Waals surface area contributed by atoms with Crippen LogP contribution in [0, 0.1) is 23.1 Å². The molecule has 0 heterocycles. The van der Waals surface area contributed by atoms with Gasteiger partial charge in [0.15, 0.2) is 5.96 Å². The molecule has 2 saturated carbocycles. The standard InChI is InChI=1S/C21H28FN5O.HI/c1-2-24-21(25-13-16-10-14(12-23)6-9-19(16)22)27-18-5-3-4-15(11-18)20(28)26-17-7-8-17;/h6,9-10,15,17-18H,2-5,7-8,11,13H2,1H3,(H,26,28)(H2,24,25,27);1H. The molecule has 2 atom stereocenters. The lowest BCUT2D eigenvalue weighted by Gasteiger charge is -2.30. The predicted octanol–water partition coefficient (Wildman–Crippen LogP) is 3.21. The van der Waals surface area contributed by atoms with Gasteiger partial charge in [-0.1, -0.05) is 6.42 Å². The lowest BCUT2D eigenvalue weighted by Crippen LogP contribution is -2.47. The van der Waals surface area contributed by atoms with Crippen LogP contribution in [0.4, 0.5) is 4.39 Å². The molecule has 1 amide bonds. The number of hydrogen-bond acceptors (Lipinski definition) is 3. The highest BCUT2D eigenvalue weighted by Crippen LogP contribution is 2.26. The Morgan fingerprint density at radius 2 is 2.03 bits per heavy atom. The summed E-state index contributed by atoms with van der Waals surface area (Å²) in [5.74, 6) is 0.455. The van der Waals surface area contributed by atoms with Crippen molar-refractivity contribution < 1.29 is 9.18 Å². The van der Waals surface area contributed by atoms with Gasteiger partial charge in [-0.05, 0) is 57.2 Å². The highest BCUT2D eigenvalue weighted by molar-refractivity contribution is 14.0. The molecule has 0 aliphatic heterocycles. The first-order chi connectivity index (χ1) is 13.6. The van der Waals surface area contributed by atoms with Crippen LogP contribution in [0.15, 0.2) is 23.2 Å². The number of carbonyl (C=O) groups excluding carboxylic acids is 1. The van der Waals surface area contributed by atoms with Crippen molar-refractivity contribution in [2.75, 3.05) is 6.54 Å². The van der Waals surface area contributed by atoms with E-state index in [-0.39, 0.29) is 54.2 Å². The Labute approximate surface area is 188 Å². The van der Waals surface area contributed by atoms with Crippen molar-refractivity contribution in [3.8, 4) is 6.07 Å². The molecule has 2 unspecified atom stereocenters. The van der Waals surface area contributed by atoms with Gasteiger partial charge in [-0.25, -0.2) is 9.38 Å². The third kappa shape index (κ3) is 7.14. The summed E-state index contributed by atoms with van der Waals surface area (Å²) in [6.45, 7) is 2.81. The summed E-state index contributed by atoms with van der Waals surface area (Å²) >= 11 is 0. The van der Waals surface area contributed by atoms with Gasteiger partial charge in [0.05, 0.1) is 18.2 Å². The number of aliphatic imine (C=N–C) groups is 1. The first-order valence-corrected chi connectivity index (χ1v) is 10.1. The molecule has 158 valence electrons. The quantitative estimate of drug-likeness (QED) is 0.310. The van der Waals surface area contributed by atoms with Crippen molar-refractivity contribution in [3.05, 3.63) is 35.1 Å². The van der Waals surface area contributed by atoms with E-state index in [4.69, 9.17) is 5.26 Å². The van der Waals surface area contributed by atoms with Gasteiger partial charge >= 0.3 is 0 Å². The number of nitriles is 1. The Morgan fingerprint density at radius 3 is 2.72 bits per heavy atom. The Bertz CT molecular complexity index is 775. The summed E-state index contributed by atoms with van der Waals surface area (Å²) in [5.41, 5.74) is 0.808. The van der Waals surface area contributed by atoms with Gasteiger partial charge in [0, 0.05) is 30.1 Å². The normalized spacial score (nSPS) is 21.5. The van der Waals surface area contributed by atoms with Gasteiger partial charge in [-0.3, -0.25) is 4.79 Å². The molecule has 3 N–H and O–H groups in total. The minimum atomic E-state index is -0.368. The van der Waals surface area contributed by atoms with Crippen LogP contribution in [0.5, 0.6) is 0 Å². The van der Waals surface area contributed by atoms with Gasteiger partial charge < -0.3 is 16.0 Å². The molecule has 0 radical (unpaired) electrons. The zero-order valence-electron chi connectivity index (χ0n) is 16.7. The van der Waals surface area contributed by atoms with Crippen molar-refractivity contribution in [3.63, 3.8) is 0 Å². The largest absolute Gasteiger partial charge is 0.357 e. The van der Waals surface area contributed by atoms with Crippen molar-refractivity contribution >= 4 is 35.8 Å². The van der Waals surface area contributed by atoms with Gasteiger partial charge in [-0.2, -0.15) is 5.26 Å². The van der Waals surface area contributed by atoms with Crippen molar-refractivity contribution in [2.24, 2.45) is 10.9 Å². The summed E-state index contributed by atoms with van der Waals surface area (Å²) in [7, 11) is 0. The van der Waals surface area contributed by atoms with Crippen molar-refractivity contribution in [1.29, 1.82) is 5.26 Å². The molecule has 2 aliphatic rings. The van der Waals surface area contributed by atoms with Crippen LogP contribution in [-0.2, 0) is 11.3 Å². The van der Waals surface area contributed by atoms with Gasteiger partial charge in [0.2, 0.25) is 5.91 Å². The SMILES string of the molecule is CCNC(=NCc1cc(C#N)ccc1F)NC1CCCC(C(=O)NC2CC2)C1.I. The van der Waals surface area contributed by atoms with E-state index in [2.05, 4.69) is 20.9 Å². The monoisotopic (exact) mass is 513 g/mol. The van der Waals surface area contributed by atoms with E-state index in [1.807, 2.05) is 13.0 Å². The number of hydrogen-bond donors (Lipinski definition) is 3. The van der Waals surface area contributed by atoms with Gasteiger partial charge in [0.25, 0.3) is 0 Å². The van der Waals surface area contributed by atoms with E-state index < -0.39 is 0 Å². The van der Waals surface area contributed by atoms with Crippen LogP contribution in [0.2, 0.25) is 0 Å². The average molecular weight is 513 g/mol. The van der Waals surface area contributed by atoms with Crippen molar-refractivity contribution in [1.82, 2.24) is 16.0 Å². The minimum absolute atomic E-state index is 0. The number of amides is 1. The molecule has 3 rings (SSSR count). The Kier molecular flexibility index (Phi) is 9.14. The fourth-order valence-corrected chi connectivity index (χ4v) is 3.55. The molecule has 0 aromatic heterocycles. The first-order valence-electron chi connectivity index (χ1n) is 10.1. The smallest absolute Gasteiger partial charge is 0.223 e. The second kappa shape index (κ2) is 11.3. The van der Waals surface area contributed by atoms with Crippen LogP contribution >= 0.6 is 24.0 Å². The second-order valence-electron chi connectivity index (χ2n) is 7.60. The number of guanidine groups is 1. The summed E-state index contributed by atoms with van der Waals surface area (Å²) in [6.07, 6.45) is 5.88. The molecule has 0 saturated heterocycles. The highest BCUT2D eigenvalue weighted by Gasteiger charge is 2.31. The molecule has 0 spiro atoms. The third-order valence-electron chi connectivity index (χ3n) is 5.24. The number of nitrogens with zero attached hydrogens (tertiary/aromatic N) is 2. The average Bonchev–Trinajstić information content (AvgIpc) is 3.51. The van der Waals surface area contributed by atoms with Crippen LogP contribution < -0.4 is 16.0 Å². The molecule has 0 bridgehead atoms. The highest BCUT2D eigenvalue weighted by atomic mass is 127. The molecular weight excluding hydrogens is 484 g/mol. The van der Waals surface area contributed by atoms with Gasteiger partial charge in [0.1, 0.15) is 5.82 Å². The molecule has 1 aromatic carbocycles. The number of rotatable bonds is 6. The maximum Gasteiger partial charge on any atom is 0.223 e. The molecule has 2 fully saturated rings. The zero-order valence-corrected chi connectivity index (χ0v) is 19.0. The maximum absolute atomic E-state index is 14.0.